The molecule has 0 unspecified atom stereocenters. The highest BCUT2D eigenvalue weighted by Crippen LogP contribution is 2.32. The van der Waals surface area contributed by atoms with E-state index in [9.17, 15) is 4.39 Å². The van der Waals surface area contributed by atoms with Gasteiger partial charge in [0, 0.05) is 55.8 Å². The second kappa shape index (κ2) is 11.5. The predicted octanol–water partition coefficient (Wildman–Crippen LogP) is 5.58. The molecule has 7 heteroatoms. The highest BCUT2D eigenvalue weighted by atomic mass is 32.1. The molecule has 0 radical (unpaired) electrons. The van der Waals surface area contributed by atoms with Gasteiger partial charge in [0.1, 0.15) is 11.6 Å². The van der Waals surface area contributed by atoms with Crippen molar-refractivity contribution in [1.82, 2.24) is 19.6 Å². The molecule has 0 bridgehead atoms. The van der Waals surface area contributed by atoms with E-state index in [1.54, 1.807) is 12.1 Å². The molecule has 3 aromatic rings. The third kappa shape index (κ3) is 5.70. The Hall–Kier alpha value is -2.22. The molecule has 3 heterocycles. The van der Waals surface area contributed by atoms with Crippen LogP contribution in [0.3, 0.4) is 0 Å². The Morgan fingerprint density at radius 3 is 2.47 bits per heavy atom. The van der Waals surface area contributed by atoms with Gasteiger partial charge >= 0.3 is 0 Å². The number of rotatable bonds is 10. The van der Waals surface area contributed by atoms with Crippen LogP contribution in [0.15, 0.2) is 41.8 Å². The van der Waals surface area contributed by atoms with E-state index < -0.39 is 0 Å². The fourth-order valence-electron chi connectivity index (χ4n) is 4.70. The van der Waals surface area contributed by atoms with Crippen LogP contribution in [0, 0.1) is 5.82 Å². The first kappa shape index (κ1) is 24.9. The van der Waals surface area contributed by atoms with E-state index in [0.29, 0.717) is 6.04 Å². The summed E-state index contributed by atoms with van der Waals surface area (Å²) in [6.45, 7) is 15.8. The van der Waals surface area contributed by atoms with Crippen LogP contribution in [0.25, 0.3) is 5.69 Å². The Kier molecular flexibility index (Phi) is 8.40. The van der Waals surface area contributed by atoms with Crippen molar-refractivity contribution in [3.8, 4) is 5.69 Å². The summed E-state index contributed by atoms with van der Waals surface area (Å²) in [4.78, 5) is 8.87. The van der Waals surface area contributed by atoms with Gasteiger partial charge in [0.05, 0.1) is 11.4 Å². The minimum Gasteiger partial charge on any atom is -0.354 e. The Balaban J connectivity index is 1.77. The predicted molar refractivity (Wildman–Crippen MR) is 141 cm³/mol. The van der Waals surface area contributed by atoms with Gasteiger partial charge in [-0.3, -0.25) is 4.90 Å². The maximum atomic E-state index is 14.2. The molecule has 34 heavy (non-hydrogen) atoms. The van der Waals surface area contributed by atoms with E-state index in [-0.39, 0.29) is 5.82 Å². The molecule has 184 valence electrons. The molecule has 0 aliphatic carbocycles. The topological polar surface area (TPSA) is 27.5 Å². The molecule has 0 saturated carbocycles. The van der Waals surface area contributed by atoms with Gasteiger partial charge < -0.3 is 9.80 Å². The zero-order valence-electron chi connectivity index (χ0n) is 21.0. The van der Waals surface area contributed by atoms with Crippen LogP contribution < -0.4 is 4.90 Å². The molecule has 0 N–H and O–H groups in total. The number of hydrogen-bond acceptors (Lipinski definition) is 5. The van der Waals surface area contributed by atoms with Crippen molar-refractivity contribution in [2.45, 2.75) is 59.7 Å². The molecule has 0 atom stereocenters. The number of halogens is 1. The second-order valence-corrected chi connectivity index (χ2v) is 10.4. The van der Waals surface area contributed by atoms with Crippen molar-refractivity contribution in [2.75, 3.05) is 37.6 Å². The second-order valence-electron chi connectivity index (χ2n) is 9.39. The van der Waals surface area contributed by atoms with Gasteiger partial charge in [-0.05, 0) is 56.5 Å². The van der Waals surface area contributed by atoms with Crippen molar-refractivity contribution in [3.05, 3.63) is 63.7 Å². The van der Waals surface area contributed by atoms with Crippen molar-refractivity contribution >= 4 is 17.2 Å². The van der Waals surface area contributed by atoms with Gasteiger partial charge in [-0.15, -0.1) is 11.3 Å². The monoisotopic (exact) mass is 483 g/mol. The molecular weight excluding hydrogens is 445 g/mol. The van der Waals surface area contributed by atoms with Crippen molar-refractivity contribution in [3.63, 3.8) is 0 Å². The maximum absolute atomic E-state index is 14.2. The molecule has 1 saturated heterocycles. The number of nitrogens with zero attached hydrogens (tertiary/aromatic N) is 5. The SMILES string of the molecule is CCCc1nn(-c2cccc(F)c2)c(N2CCN(CC)CC2)c1CN(Cc1cccs1)C(C)C. The standard InChI is InChI=1S/C27H38FN5S/c1-5-9-26-25(20-32(21(3)4)19-24-12-8-17-34-24)27(31-15-13-30(6-2)14-16-31)33(29-26)23-11-7-10-22(28)18-23/h7-8,10-12,17-18,21H,5-6,9,13-16,19-20H2,1-4H3. The third-order valence-electron chi connectivity index (χ3n) is 6.73. The first-order valence-corrected chi connectivity index (χ1v) is 13.5. The summed E-state index contributed by atoms with van der Waals surface area (Å²) >= 11 is 1.81. The fourth-order valence-corrected chi connectivity index (χ4v) is 5.43. The Morgan fingerprint density at radius 1 is 1.06 bits per heavy atom. The lowest BCUT2D eigenvalue weighted by atomic mass is 10.1. The van der Waals surface area contributed by atoms with E-state index in [4.69, 9.17) is 5.10 Å². The highest BCUT2D eigenvalue weighted by molar-refractivity contribution is 7.09. The summed E-state index contributed by atoms with van der Waals surface area (Å²) in [5.74, 6) is 0.913. The maximum Gasteiger partial charge on any atom is 0.137 e. The number of benzene rings is 1. The summed E-state index contributed by atoms with van der Waals surface area (Å²) in [7, 11) is 0. The van der Waals surface area contributed by atoms with Crippen LogP contribution in [0.1, 0.15) is 50.3 Å². The van der Waals surface area contributed by atoms with Gasteiger partial charge in [0.2, 0.25) is 0 Å². The molecule has 2 aromatic heterocycles. The number of aryl methyl sites for hydroxylation is 1. The van der Waals surface area contributed by atoms with Crippen molar-refractivity contribution in [2.24, 2.45) is 0 Å². The lowest BCUT2D eigenvalue weighted by Crippen LogP contribution is -2.47. The van der Waals surface area contributed by atoms with Gasteiger partial charge in [-0.25, -0.2) is 9.07 Å². The number of thiophene rings is 1. The van der Waals surface area contributed by atoms with Crippen LogP contribution in [-0.2, 0) is 19.5 Å². The zero-order chi connectivity index (χ0) is 24.1. The molecule has 0 amide bonds. The van der Waals surface area contributed by atoms with Gasteiger partial charge in [0.25, 0.3) is 0 Å². The summed E-state index contributed by atoms with van der Waals surface area (Å²) in [5.41, 5.74) is 3.23. The smallest absolute Gasteiger partial charge is 0.137 e. The van der Waals surface area contributed by atoms with Gasteiger partial charge in [-0.2, -0.15) is 5.10 Å². The summed E-state index contributed by atoms with van der Waals surface area (Å²) in [5, 5.41) is 7.26. The molecule has 4 rings (SSSR count). The molecule has 1 fully saturated rings. The fraction of sp³-hybridized carbons (Fsp3) is 0.519. The summed E-state index contributed by atoms with van der Waals surface area (Å²) in [6.07, 6.45) is 1.95. The Bertz CT molecular complexity index is 1040. The average molecular weight is 484 g/mol. The number of likely N-dealkylation sites (N-methyl/N-ethyl adjacent to an activating group) is 1. The van der Waals surface area contributed by atoms with Crippen LogP contribution in [-0.4, -0.2) is 58.3 Å². The largest absolute Gasteiger partial charge is 0.354 e. The number of anilines is 1. The lowest BCUT2D eigenvalue weighted by molar-refractivity contribution is 0.205. The average Bonchev–Trinajstić information content (AvgIpc) is 3.47. The lowest BCUT2D eigenvalue weighted by Gasteiger charge is -2.36. The summed E-state index contributed by atoms with van der Waals surface area (Å²) < 4.78 is 16.2. The van der Waals surface area contributed by atoms with Crippen LogP contribution in [0.4, 0.5) is 10.2 Å². The molecule has 1 aliphatic heterocycles. The normalized spacial score (nSPS) is 15.1. The molecule has 5 nitrogen and oxygen atoms in total. The number of hydrogen-bond donors (Lipinski definition) is 0. The first-order valence-electron chi connectivity index (χ1n) is 12.6. The van der Waals surface area contributed by atoms with Gasteiger partial charge in [0.15, 0.2) is 0 Å². The van der Waals surface area contributed by atoms with E-state index in [0.717, 1.165) is 75.9 Å². The first-order chi connectivity index (χ1) is 16.5. The van der Waals surface area contributed by atoms with E-state index in [1.807, 2.05) is 22.1 Å². The summed E-state index contributed by atoms with van der Waals surface area (Å²) in [6, 6.07) is 11.6. The van der Waals surface area contributed by atoms with E-state index >= 15 is 0 Å². The third-order valence-corrected chi connectivity index (χ3v) is 7.59. The van der Waals surface area contributed by atoms with E-state index in [2.05, 4.69) is 59.9 Å². The Morgan fingerprint density at radius 2 is 1.85 bits per heavy atom. The molecule has 1 aliphatic rings. The van der Waals surface area contributed by atoms with Crippen LogP contribution in [0.2, 0.25) is 0 Å². The highest BCUT2D eigenvalue weighted by Gasteiger charge is 2.28. The molecule has 0 spiro atoms. The molecule has 1 aromatic carbocycles. The van der Waals surface area contributed by atoms with Crippen molar-refractivity contribution < 1.29 is 4.39 Å². The van der Waals surface area contributed by atoms with Gasteiger partial charge in [-0.1, -0.05) is 32.4 Å². The van der Waals surface area contributed by atoms with Crippen molar-refractivity contribution in [1.29, 1.82) is 0 Å². The molecular formula is C27H38FN5S. The minimum atomic E-state index is -0.227. The van der Waals surface area contributed by atoms with Crippen LogP contribution in [0.5, 0.6) is 0 Å². The number of piperazine rings is 1. The minimum absolute atomic E-state index is 0.227. The Labute approximate surface area is 207 Å². The van der Waals surface area contributed by atoms with E-state index in [1.165, 1.54) is 16.5 Å². The quantitative estimate of drug-likeness (QED) is 0.376. The van der Waals surface area contributed by atoms with Crippen LogP contribution >= 0.6 is 11.3 Å². The zero-order valence-corrected chi connectivity index (χ0v) is 21.8. The number of aromatic nitrogens is 2.